The number of hydrogen-bond donors (Lipinski definition) is 4. The monoisotopic (exact) mass is 411 g/mol. The van der Waals surface area contributed by atoms with Gasteiger partial charge in [0.2, 0.25) is 0 Å². The predicted octanol–water partition coefficient (Wildman–Crippen LogP) is 3.41. The fourth-order valence-corrected chi connectivity index (χ4v) is 3.08. The molecule has 154 valence electrons. The smallest absolute Gasteiger partial charge is 0.271 e. The number of carbonyl (C=O) groups is 1. The summed E-state index contributed by atoms with van der Waals surface area (Å²) in [4.78, 5) is 24.6. The molecule has 2 aromatic heterocycles. The number of nitrogens with one attached hydrogen (secondary N) is 3. The number of carbonyl (C=O) groups excluding carboxylic acids is 1. The molecule has 1 amide bonds. The van der Waals surface area contributed by atoms with Gasteiger partial charge in [0.05, 0.1) is 11.6 Å². The van der Waals surface area contributed by atoms with E-state index in [1.807, 2.05) is 60.7 Å². The molecule has 0 atom stereocenters. The van der Waals surface area contributed by atoms with Crippen molar-refractivity contribution in [1.29, 1.82) is 0 Å². The van der Waals surface area contributed by atoms with Crippen molar-refractivity contribution in [2.45, 2.75) is 6.04 Å². The van der Waals surface area contributed by atoms with Crippen LogP contribution in [0.4, 0.5) is 17.3 Å². The van der Waals surface area contributed by atoms with Crippen LogP contribution in [0.1, 0.15) is 27.5 Å². The van der Waals surface area contributed by atoms with Crippen molar-refractivity contribution in [2.24, 2.45) is 0 Å². The zero-order valence-electron chi connectivity index (χ0n) is 16.6. The molecule has 4 rings (SSSR count). The van der Waals surface area contributed by atoms with Crippen molar-refractivity contribution in [2.75, 3.05) is 16.5 Å². The maximum Gasteiger partial charge on any atom is 0.271 e. The Morgan fingerprint density at radius 3 is 2.10 bits per heavy atom. The summed E-state index contributed by atoms with van der Waals surface area (Å²) < 4.78 is 0. The minimum absolute atomic E-state index is 0.169. The molecule has 5 N–H and O–H groups in total. The summed E-state index contributed by atoms with van der Waals surface area (Å²) in [6.45, 7) is 0. The van der Waals surface area contributed by atoms with Crippen LogP contribution in [-0.4, -0.2) is 20.9 Å². The van der Waals surface area contributed by atoms with Crippen LogP contribution in [0.25, 0.3) is 0 Å². The van der Waals surface area contributed by atoms with Gasteiger partial charge in [0.1, 0.15) is 12.0 Å². The normalized spacial score (nSPS) is 10.5. The molecular weight excluding hydrogens is 390 g/mol. The van der Waals surface area contributed by atoms with Gasteiger partial charge in [0.25, 0.3) is 5.91 Å². The minimum atomic E-state index is -0.355. The molecule has 0 spiro atoms. The maximum absolute atomic E-state index is 12.2. The first-order valence-electron chi connectivity index (χ1n) is 9.65. The first kappa shape index (κ1) is 19.8. The third kappa shape index (κ3) is 4.76. The number of nitrogens with two attached hydrogens (primary N) is 1. The number of amides is 1. The first-order valence-corrected chi connectivity index (χ1v) is 9.65. The van der Waals surface area contributed by atoms with Crippen LogP contribution in [0.2, 0.25) is 0 Å². The molecule has 8 nitrogen and oxygen atoms in total. The highest BCUT2D eigenvalue weighted by molar-refractivity contribution is 5.94. The molecule has 0 aliphatic rings. The first-order chi connectivity index (χ1) is 15.2. The molecule has 4 aromatic rings. The lowest BCUT2D eigenvalue weighted by Crippen LogP contribution is -2.30. The average molecular weight is 411 g/mol. The number of aromatic nitrogens is 3. The highest BCUT2D eigenvalue weighted by Gasteiger charge is 2.17. The van der Waals surface area contributed by atoms with Crippen LogP contribution in [0.3, 0.4) is 0 Å². The van der Waals surface area contributed by atoms with Crippen molar-refractivity contribution in [1.82, 2.24) is 20.4 Å². The SMILES string of the molecule is Nc1c(NNC(=O)c2cccnc2)ncnc1NC(c1ccccc1)c1ccccc1. The Balaban J connectivity index is 1.56. The number of rotatable bonds is 7. The Hall–Kier alpha value is -4.46. The molecule has 2 aromatic carbocycles. The predicted molar refractivity (Wildman–Crippen MR) is 120 cm³/mol. The lowest BCUT2D eigenvalue weighted by atomic mass is 9.99. The van der Waals surface area contributed by atoms with Gasteiger partial charge in [0, 0.05) is 12.4 Å². The number of nitrogen functional groups attached to an aromatic ring is 1. The molecule has 0 aliphatic carbocycles. The van der Waals surface area contributed by atoms with Crippen LogP contribution in [0.15, 0.2) is 91.5 Å². The Bertz CT molecular complexity index is 1100. The second-order valence-electron chi connectivity index (χ2n) is 6.70. The van der Waals surface area contributed by atoms with Crippen LogP contribution < -0.4 is 21.9 Å². The van der Waals surface area contributed by atoms with Gasteiger partial charge in [-0.15, -0.1) is 0 Å². The van der Waals surface area contributed by atoms with Crippen molar-refractivity contribution < 1.29 is 4.79 Å². The summed E-state index contributed by atoms with van der Waals surface area (Å²) in [5.41, 5.74) is 14.4. The van der Waals surface area contributed by atoms with E-state index in [1.165, 1.54) is 12.5 Å². The second kappa shape index (κ2) is 9.36. The van der Waals surface area contributed by atoms with Gasteiger partial charge in [-0.1, -0.05) is 60.7 Å². The Morgan fingerprint density at radius 2 is 1.48 bits per heavy atom. The molecule has 2 heterocycles. The van der Waals surface area contributed by atoms with Crippen LogP contribution in [0, 0.1) is 0 Å². The number of benzene rings is 2. The van der Waals surface area contributed by atoms with E-state index in [9.17, 15) is 4.79 Å². The average Bonchev–Trinajstić information content (AvgIpc) is 2.84. The van der Waals surface area contributed by atoms with Gasteiger partial charge in [-0.25, -0.2) is 9.97 Å². The van der Waals surface area contributed by atoms with E-state index in [0.717, 1.165) is 11.1 Å². The van der Waals surface area contributed by atoms with Crippen molar-refractivity contribution in [3.8, 4) is 0 Å². The Kier molecular flexibility index (Phi) is 5.99. The second-order valence-corrected chi connectivity index (χ2v) is 6.70. The van der Waals surface area contributed by atoms with Crippen LogP contribution in [-0.2, 0) is 0 Å². The van der Waals surface area contributed by atoms with Crippen LogP contribution in [0.5, 0.6) is 0 Å². The topological polar surface area (TPSA) is 118 Å². The molecule has 0 aliphatic heterocycles. The van der Waals surface area contributed by atoms with E-state index in [4.69, 9.17) is 5.73 Å². The fourth-order valence-electron chi connectivity index (χ4n) is 3.08. The zero-order valence-corrected chi connectivity index (χ0v) is 16.6. The molecule has 0 radical (unpaired) electrons. The maximum atomic E-state index is 12.2. The van der Waals surface area contributed by atoms with Gasteiger partial charge in [-0.3, -0.25) is 20.6 Å². The minimum Gasteiger partial charge on any atom is -0.393 e. The van der Waals surface area contributed by atoms with E-state index in [2.05, 4.69) is 31.1 Å². The van der Waals surface area contributed by atoms with Crippen molar-refractivity contribution in [3.05, 3.63) is 108 Å². The third-order valence-corrected chi connectivity index (χ3v) is 4.65. The fraction of sp³-hybridized carbons (Fsp3) is 0.0435. The molecule has 0 saturated carbocycles. The third-order valence-electron chi connectivity index (χ3n) is 4.65. The number of hydrogen-bond acceptors (Lipinski definition) is 7. The highest BCUT2D eigenvalue weighted by atomic mass is 16.2. The largest absolute Gasteiger partial charge is 0.393 e. The molecular formula is C23H21N7O. The zero-order chi connectivity index (χ0) is 21.5. The number of nitrogens with zero attached hydrogens (tertiary/aromatic N) is 3. The summed E-state index contributed by atoms with van der Waals surface area (Å²) in [5.74, 6) is 0.382. The van der Waals surface area contributed by atoms with Gasteiger partial charge in [0.15, 0.2) is 11.6 Å². The Labute approximate surface area is 179 Å². The van der Waals surface area contributed by atoms with Gasteiger partial charge in [-0.05, 0) is 23.3 Å². The summed E-state index contributed by atoms with van der Waals surface area (Å²) in [7, 11) is 0. The standard InChI is InChI=1S/C23H21N7O/c24-19-21(26-15-27-22(19)29-30-23(31)18-12-7-13-25-14-18)28-20(16-8-3-1-4-9-16)17-10-5-2-6-11-17/h1-15,20H,24H2,(H,30,31)(H2,26,27,28,29). The quantitative estimate of drug-likeness (QED) is 0.344. The molecule has 0 bridgehead atoms. The van der Waals surface area contributed by atoms with Gasteiger partial charge < -0.3 is 11.1 Å². The van der Waals surface area contributed by atoms with Crippen molar-refractivity contribution >= 4 is 23.2 Å². The summed E-state index contributed by atoms with van der Waals surface area (Å²) in [5, 5.41) is 3.40. The lowest BCUT2D eigenvalue weighted by molar-refractivity contribution is 0.0962. The highest BCUT2D eigenvalue weighted by Crippen LogP contribution is 2.30. The van der Waals surface area contributed by atoms with Gasteiger partial charge >= 0.3 is 0 Å². The van der Waals surface area contributed by atoms with E-state index in [1.54, 1.807) is 18.3 Å². The molecule has 0 saturated heterocycles. The lowest BCUT2D eigenvalue weighted by Gasteiger charge is -2.22. The molecule has 0 unspecified atom stereocenters. The van der Waals surface area contributed by atoms with Crippen LogP contribution >= 0.6 is 0 Å². The van der Waals surface area contributed by atoms with E-state index < -0.39 is 0 Å². The summed E-state index contributed by atoms with van der Waals surface area (Å²) >= 11 is 0. The summed E-state index contributed by atoms with van der Waals surface area (Å²) in [6.07, 6.45) is 4.45. The Morgan fingerprint density at radius 1 is 0.839 bits per heavy atom. The number of anilines is 3. The molecule has 31 heavy (non-hydrogen) atoms. The molecule has 0 fully saturated rings. The number of pyridine rings is 1. The van der Waals surface area contributed by atoms with E-state index in [0.29, 0.717) is 11.4 Å². The summed E-state index contributed by atoms with van der Waals surface area (Å²) in [6, 6.07) is 23.2. The van der Waals surface area contributed by atoms with E-state index in [-0.39, 0.29) is 23.5 Å². The molecule has 8 heteroatoms. The number of hydrazine groups is 1. The van der Waals surface area contributed by atoms with E-state index >= 15 is 0 Å². The van der Waals surface area contributed by atoms with Crippen molar-refractivity contribution in [3.63, 3.8) is 0 Å². The van der Waals surface area contributed by atoms with Gasteiger partial charge in [-0.2, -0.15) is 0 Å².